The molecular formula is C17H16O3. The Balaban J connectivity index is 1.74. The van der Waals surface area contributed by atoms with Crippen molar-refractivity contribution in [3.63, 3.8) is 0 Å². The summed E-state index contributed by atoms with van der Waals surface area (Å²) in [6.45, 7) is 1.11. The Labute approximate surface area is 118 Å². The number of benzene rings is 2. The molecule has 20 heavy (non-hydrogen) atoms. The summed E-state index contributed by atoms with van der Waals surface area (Å²) in [6.07, 6.45) is 1.74. The molecule has 0 aromatic heterocycles. The van der Waals surface area contributed by atoms with Gasteiger partial charge in [0.05, 0.1) is 6.61 Å². The number of ether oxygens (including phenoxy) is 2. The Morgan fingerprint density at radius 3 is 2.85 bits per heavy atom. The average molecular weight is 268 g/mol. The molecule has 1 aliphatic heterocycles. The van der Waals surface area contributed by atoms with Crippen molar-refractivity contribution in [2.75, 3.05) is 6.61 Å². The van der Waals surface area contributed by atoms with Gasteiger partial charge in [-0.05, 0) is 18.1 Å². The van der Waals surface area contributed by atoms with E-state index in [9.17, 15) is 4.79 Å². The number of hydrogen-bond donors (Lipinski definition) is 0. The molecule has 0 saturated carbocycles. The third kappa shape index (κ3) is 2.67. The molecule has 102 valence electrons. The fraction of sp³-hybridized carbons (Fsp3) is 0.235. The largest absolute Gasteiger partial charge is 0.493 e. The highest BCUT2D eigenvalue weighted by molar-refractivity contribution is 5.65. The van der Waals surface area contributed by atoms with Crippen molar-refractivity contribution >= 4 is 6.29 Å². The molecule has 0 spiro atoms. The van der Waals surface area contributed by atoms with Crippen LogP contribution in [-0.4, -0.2) is 12.9 Å². The zero-order valence-electron chi connectivity index (χ0n) is 11.1. The van der Waals surface area contributed by atoms with Crippen LogP contribution in [0.1, 0.15) is 23.5 Å². The van der Waals surface area contributed by atoms with Crippen LogP contribution in [0, 0.1) is 0 Å². The number of carbonyl (C=O) groups is 1. The van der Waals surface area contributed by atoms with Crippen LogP contribution in [0.5, 0.6) is 11.5 Å². The SMILES string of the molecule is O=CC1CCOc2cc(OCc3ccccc3)ccc21. The number of fused-ring (bicyclic) bond motifs is 1. The maximum Gasteiger partial charge on any atom is 0.127 e. The van der Waals surface area contributed by atoms with E-state index in [-0.39, 0.29) is 5.92 Å². The lowest BCUT2D eigenvalue weighted by atomic mass is 9.94. The standard InChI is InChI=1S/C17H16O3/c18-11-14-8-9-19-17-10-15(6-7-16(14)17)20-12-13-4-2-1-3-5-13/h1-7,10-11,14H,8-9,12H2. The molecule has 3 nitrogen and oxygen atoms in total. The highest BCUT2D eigenvalue weighted by Gasteiger charge is 2.21. The summed E-state index contributed by atoms with van der Waals surface area (Å²) in [5.41, 5.74) is 2.08. The van der Waals surface area contributed by atoms with Gasteiger partial charge in [0.25, 0.3) is 0 Å². The third-order valence-corrected chi connectivity index (χ3v) is 3.48. The van der Waals surface area contributed by atoms with E-state index < -0.39 is 0 Å². The molecular weight excluding hydrogens is 252 g/mol. The van der Waals surface area contributed by atoms with Crippen molar-refractivity contribution < 1.29 is 14.3 Å². The molecule has 2 aromatic carbocycles. The first-order valence-corrected chi connectivity index (χ1v) is 6.75. The van der Waals surface area contributed by atoms with Gasteiger partial charge in [0.15, 0.2) is 0 Å². The molecule has 1 heterocycles. The molecule has 0 aliphatic carbocycles. The fourth-order valence-corrected chi connectivity index (χ4v) is 2.37. The average Bonchev–Trinajstić information content (AvgIpc) is 2.53. The van der Waals surface area contributed by atoms with Crippen molar-refractivity contribution in [3.8, 4) is 11.5 Å². The molecule has 0 radical (unpaired) electrons. The molecule has 0 amide bonds. The second-order valence-corrected chi connectivity index (χ2v) is 4.85. The van der Waals surface area contributed by atoms with E-state index in [0.717, 1.165) is 35.3 Å². The molecule has 0 fully saturated rings. The Bertz CT molecular complexity index is 592. The van der Waals surface area contributed by atoms with Crippen molar-refractivity contribution in [2.24, 2.45) is 0 Å². The molecule has 2 aromatic rings. The third-order valence-electron chi connectivity index (χ3n) is 3.48. The number of hydrogen-bond acceptors (Lipinski definition) is 3. The van der Waals surface area contributed by atoms with E-state index in [1.165, 1.54) is 0 Å². The van der Waals surface area contributed by atoms with E-state index in [0.29, 0.717) is 13.2 Å². The molecule has 1 atom stereocenters. The lowest BCUT2D eigenvalue weighted by Gasteiger charge is -2.22. The Morgan fingerprint density at radius 2 is 2.05 bits per heavy atom. The van der Waals surface area contributed by atoms with Crippen molar-refractivity contribution in [3.05, 3.63) is 59.7 Å². The van der Waals surface area contributed by atoms with Gasteiger partial charge in [-0.1, -0.05) is 36.4 Å². The van der Waals surface area contributed by atoms with Crippen LogP contribution in [0.2, 0.25) is 0 Å². The van der Waals surface area contributed by atoms with Crippen LogP contribution in [-0.2, 0) is 11.4 Å². The van der Waals surface area contributed by atoms with Gasteiger partial charge in [-0.3, -0.25) is 0 Å². The molecule has 3 heteroatoms. The molecule has 1 aliphatic rings. The van der Waals surface area contributed by atoms with Gasteiger partial charge in [-0.25, -0.2) is 0 Å². The van der Waals surface area contributed by atoms with E-state index in [2.05, 4.69) is 0 Å². The van der Waals surface area contributed by atoms with Crippen molar-refractivity contribution in [1.82, 2.24) is 0 Å². The molecule has 1 unspecified atom stereocenters. The van der Waals surface area contributed by atoms with Gasteiger partial charge in [-0.15, -0.1) is 0 Å². The van der Waals surface area contributed by atoms with Gasteiger partial charge in [-0.2, -0.15) is 0 Å². The predicted octanol–water partition coefficient (Wildman–Crippen LogP) is 3.33. The maximum absolute atomic E-state index is 11.0. The Kier molecular flexibility index (Phi) is 3.68. The topological polar surface area (TPSA) is 35.5 Å². The van der Waals surface area contributed by atoms with E-state index >= 15 is 0 Å². The van der Waals surface area contributed by atoms with Gasteiger partial charge >= 0.3 is 0 Å². The number of carbonyl (C=O) groups excluding carboxylic acids is 1. The first kappa shape index (κ1) is 12.7. The minimum Gasteiger partial charge on any atom is -0.493 e. The van der Waals surface area contributed by atoms with E-state index in [1.807, 2.05) is 48.5 Å². The van der Waals surface area contributed by atoms with E-state index in [4.69, 9.17) is 9.47 Å². The van der Waals surface area contributed by atoms with Gasteiger partial charge in [0.2, 0.25) is 0 Å². The first-order valence-electron chi connectivity index (χ1n) is 6.75. The number of aldehydes is 1. The second kappa shape index (κ2) is 5.78. The molecule has 0 bridgehead atoms. The van der Waals surface area contributed by atoms with Gasteiger partial charge < -0.3 is 14.3 Å². The van der Waals surface area contributed by atoms with Crippen molar-refractivity contribution in [1.29, 1.82) is 0 Å². The highest BCUT2D eigenvalue weighted by Crippen LogP contribution is 2.35. The van der Waals surface area contributed by atoms with Crippen LogP contribution < -0.4 is 9.47 Å². The smallest absolute Gasteiger partial charge is 0.127 e. The summed E-state index contributed by atoms with van der Waals surface area (Å²) >= 11 is 0. The molecule has 0 saturated heterocycles. The summed E-state index contributed by atoms with van der Waals surface area (Å²) in [4.78, 5) is 11.0. The van der Waals surface area contributed by atoms with Crippen LogP contribution in [0.3, 0.4) is 0 Å². The molecule has 0 N–H and O–H groups in total. The van der Waals surface area contributed by atoms with E-state index in [1.54, 1.807) is 0 Å². The van der Waals surface area contributed by atoms with Crippen LogP contribution in [0.25, 0.3) is 0 Å². The molecule has 3 rings (SSSR count). The Hall–Kier alpha value is -2.29. The highest BCUT2D eigenvalue weighted by atomic mass is 16.5. The summed E-state index contributed by atoms with van der Waals surface area (Å²) in [5.74, 6) is 1.47. The zero-order chi connectivity index (χ0) is 13.8. The quantitative estimate of drug-likeness (QED) is 0.798. The summed E-state index contributed by atoms with van der Waals surface area (Å²) < 4.78 is 11.4. The fourth-order valence-electron chi connectivity index (χ4n) is 2.37. The van der Waals surface area contributed by atoms with Crippen LogP contribution in [0.15, 0.2) is 48.5 Å². The maximum atomic E-state index is 11.0. The minimum atomic E-state index is -0.0538. The minimum absolute atomic E-state index is 0.0538. The predicted molar refractivity (Wildman–Crippen MR) is 76.1 cm³/mol. The van der Waals surface area contributed by atoms with Gasteiger partial charge in [0.1, 0.15) is 24.4 Å². The Morgan fingerprint density at radius 1 is 1.20 bits per heavy atom. The monoisotopic (exact) mass is 268 g/mol. The lowest BCUT2D eigenvalue weighted by Crippen LogP contribution is -2.15. The summed E-state index contributed by atoms with van der Waals surface area (Å²) in [6, 6.07) is 15.7. The summed E-state index contributed by atoms with van der Waals surface area (Å²) in [7, 11) is 0. The normalized spacial score (nSPS) is 16.9. The zero-order valence-corrected chi connectivity index (χ0v) is 11.1. The van der Waals surface area contributed by atoms with Crippen molar-refractivity contribution in [2.45, 2.75) is 18.9 Å². The second-order valence-electron chi connectivity index (χ2n) is 4.85. The van der Waals surface area contributed by atoms with Crippen LogP contribution in [0.4, 0.5) is 0 Å². The van der Waals surface area contributed by atoms with Crippen LogP contribution >= 0.6 is 0 Å². The number of rotatable bonds is 4. The first-order chi connectivity index (χ1) is 9.86. The summed E-state index contributed by atoms with van der Waals surface area (Å²) in [5, 5.41) is 0. The lowest BCUT2D eigenvalue weighted by molar-refractivity contribution is -0.109. The van der Waals surface area contributed by atoms with Gasteiger partial charge in [0, 0.05) is 17.5 Å².